The van der Waals surface area contributed by atoms with E-state index in [1.807, 2.05) is 0 Å². The number of pyridine rings is 2. The summed E-state index contributed by atoms with van der Waals surface area (Å²) in [5.41, 5.74) is 0.997. The van der Waals surface area contributed by atoms with Crippen LogP contribution in [0.15, 0.2) is 35.5 Å². The first kappa shape index (κ1) is 11.5. The standard InChI is InChI=1S/C13H11N3O3/c1-2-19-13(18)9-7-15-12-8(11(9)17)3-4-10-14-5-6-16(10)12/h3-7H,2H2,1H3,(H,15,17). The smallest absolute Gasteiger partial charge is 0.343 e. The molecule has 96 valence electrons. The van der Waals surface area contributed by atoms with Gasteiger partial charge in [0.25, 0.3) is 0 Å². The van der Waals surface area contributed by atoms with Gasteiger partial charge in [-0.25, -0.2) is 9.78 Å². The third-order valence-corrected chi connectivity index (χ3v) is 2.90. The zero-order chi connectivity index (χ0) is 13.4. The average Bonchev–Trinajstić information content (AvgIpc) is 2.87. The molecule has 6 heteroatoms. The second-order valence-corrected chi connectivity index (χ2v) is 4.00. The van der Waals surface area contributed by atoms with Crippen molar-refractivity contribution in [2.24, 2.45) is 0 Å². The summed E-state index contributed by atoms with van der Waals surface area (Å²) >= 11 is 0. The topological polar surface area (TPSA) is 76.5 Å². The predicted molar refractivity (Wildman–Crippen MR) is 69.3 cm³/mol. The number of fused-ring (bicyclic) bond motifs is 3. The maximum Gasteiger partial charge on any atom is 0.343 e. The number of esters is 1. The van der Waals surface area contributed by atoms with E-state index < -0.39 is 5.97 Å². The number of nitrogens with one attached hydrogen (secondary N) is 1. The number of ether oxygens (including phenoxy) is 1. The fourth-order valence-corrected chi connectivity index (χ4v) is 2.04. The number of carbonyl (C=O) groups excluding carboxylic acids is 1. The van der Waals surface area contributed by atoms with Crippen molar-refractivity contribution >= 4 is 22.6 Å². The van der Waals surface area contributed by atoms with Crippen molar-refractivity contribution in [1.29, 1.82) is 0 Å². The van der Waals surface area contributed by atoms with Crippen LogP contribution in [0, 0.1) is 0 Å². The number of H-pyrrole nitrogens is 1. The molecule has 0 saturated carbocycles. The van der Waals surface area contributed by atoms with E-state index in [0.29, 0.717) is 11.0 Å². The van der Waals surface area contributed by atoms with E-state index in [4.69, 9.17) is 4.74 Å². The van der Waals surface area contributed by atoms with Gasteiger partial charge in [-0.2, -0.15) is 0 Å². The maximum atomic E-state index is 12.3. The number of imidazole rings is 1. The Bertz CT molecular complexity index is 832. The molecule has 0 fully saturated rings. The Balaban J connectivity index is 2.30. The summed E-state index contributed by atoms with van der Waals surface area (Å²) in [7, 11) is 0. The number of hydrogen-bond donors (Lipinski definition) is 1. The molecule has 1 N–H and O–H groups in total. The summed E-state index contributed by atoms with van der Waals surface area (Å²) in [4.78, 5) is 31.0. The maximum absolute atomic E-state index is 12.3. The molecule has 3 rings (SSSR count). The van der Waals surface area contributed by atoms with E-state index in [1.54, 1.807) is 35.9 Å². The Labute approximate surface area is 107 Å². The lowest BCUT2D eigenvalue weighted by atomic mass is 10.2. The highest BCUT2D eigenvalue weighted by Gasteiger charge is 2.14. The molecule has 3 aromatic rings. The molecule has 0 unspecified atom stereocenters. The zero-order valence-electron chi connectivity index (χ0n) is 10.2. The van der Waals surface area contributed by atoms with Crippen molar-refractivity contribution in [3.8, 4) is 0 Å². The molecule has 19 heavy (non-hydrogen) atoms. The van der Waals surface area contributed by atoms with Crippen molar-refractivity contribution in [2.75, 3.05) is 6.61 Å². The van der Waals surface area contributed by atoms with Gasteiger partial charge in [0.2, 0.25) is 5.43 Å². The van der Waals surface area contributed by atoms with E-state index in [9.17, 15) is 9.59 Å². The van der Waals surface area contributed by atoms with Gasteiger partial charge in [-0.15, -0.1) is 0 Å². The molecule has 0 spiro atoms. The Morgan fingerprint density at radius 3 is 3.11 bits per heavy atom. The molecule has 3 heterocycles. The van der Waals surface area contributed by atoms with Gasteiger partial charge in [0.1, 0.15) is 16.9 Å². The first-order valence-electron chi connectivity index (χ1n) is 5.87. The third kappa shape index (κ3) is 1.69. The molecule has 0 saturated heterocycles. The van der Waals surface area contributed by atoms with Gasteiger partial charge in [-0.1, -0.05) is 0 Å². The second kappa shape index (κ2) is 4.24. The van der Waals surface area contributed by atoms with Crippen LogP contribution in [0.4, 0.5) is 0 Å². The molecule has 0 aliphatic heterocycles. The van der Waals surface area contributed by atoms with E-state index in [2.05, 4.69) is 9.97 Å². The number of aromatic nitrogens is 3. The Kier molecular flexibility index (Phi) is 2.56. The van der Waals surface area contributed by atoms with Crippen LogP contribution in [0.25, 0.3) is 16.7 Å². The minimum absolute atomic E-state index is 0.00816. The van der Waals surface area contributed by atoms with Crippen LogP contribution in [-0.4, -0.2) is 26.9 Å². The highest BCUT2D eigenvalue weighted by molar-refractivity contribution is 5.93. The Morgan fingerprint density at radius 1 is 1.47 bits per heavy atom. The van der Waals surface area contributed by atoms with Crippen LogP contribution in [0.5, 0.6) is 0 Å². The Hall–Kier alpha value is -2.63. The number of hydrogen-bond acceptors (Lipinski definition) is 4. The summed E-state index contributed by atoms with van der Waals surface area (Å²) in [6.45, 7) is 1.93. The van der Waals surface area contributed by atoms with Crippen LogP contribution in [0.3, 0.4) is 0 Å². The van der Waals surface area contributed by atoms with Crippen LogP contribution in [-0.2, 0) is 4.74 Å². The van der Waals surface area contributed by atoms with Gasteiger partial charge in [-0.05, 0) is 19.1 Å². The minimum Gasteiger partial charge on any atom is -0.462 e. The molecule has 0 aliphatic rings. The minimum atomic E-state index is -0.614. The number of nitrogens with zero attached hydrogens (tertiary/aromatic N) is 2. The monoisotopic (exact) mass is 257 g/mol. The van der Waals surface area contributed by atoms with Gasteiger partial charge in [0.05, 0.1) is 12.0 Å². The fraction of sp³-hybridized carbons (Fsp3) is 0.154. The SMILES string of the molecule is CCOC(=O)c1c[nH]c2c(ccc3nccn32)c1=O. The van der Waals surface area contributed by atoms with Crippen molar-refractivity contribution in [3.05, 3.63) is 46.5 Å². The van der Waals surface area contributed by atoms with Gasteiger partial charge in [0, 0.05) is 18.6 Å². The van der Waals surface area contributed by atoms with E-state index in [0.717, 1.165) is 5.65 Å². The molecule has 0 aromatic carbocycles. The highest BCUT2D eigenvalue weighted by Crippen LogP contribution is 2.11. The highest BCUT2D eigenvalue weighted by atomic mass is 16.5. The van der Waals surface area contributed by atoms with Gasteiger partial charge in [0.15, 0.2) is 0 Å². The Morgan fingerprint density at radius 2 is 2.32 bits per heavy atom. The van der Waals surface area contributed by atoms with Crippen molar-refractivity contribution < 1.29 is 9.53 Å². The lowest BCUT2D eigenvalue weighted by molar-refractivity contribution is 0.0524. The van der Waals surface area contributed by atoms with Crippen LogP contribution in [0.2, 0.25) is 0 Å². The summed E-state index contributed by atoms with van der Waals surface area (Å²) in [5.74, 6) is -0.614. The van der Waals surface area contributed by atoms with Crippen molar-refractivity contribution in [3.63, 3.8) is 0 Å². The number of aromatic amines is 1. The molecule has 3 aromatic heterocycles. The number of carbonyl (C=O) groups is 1. The third-order valence-electron chi connectivity index (χ3n) is 2.90. The second-order valence-electron chi connectivity index (χ2n) is 4.00. The molecular formula is C13H11N3O3. The molecule has 0 amide bonds. The van der Waals surface area contributed by atoms with E-state index in [1.165, 1.54) is 6.20 Å². The van der Waals surface area contributed by atoms with Gasteiger partial charge < -0.3 is 9.72 Å². The van der Waals surface area contributed by atoms with Crippen LogP contribution in [0.1, 0.15) is 17.3 Å². The summed E-state index contributed by atoms with van der Waals surface area (Å²) < 4.78 is 6.61. The molecule has 0 aliphatic carbocycles. The summed E-state index contributed by atoms with van der Waals surface area (Å²) in [5, 5.41) is 0.427. The van der Waals surface area contributed by atoms with Crippen LogP contribution >= 0.6 is 0 Å². The average molecular weight is 257 g/mol. The van der Waals surface area contributed by atoms with Gasteiger partial charge in [-0.3, -0.25) is 9.20 Å². The molecule has 6 nitrogen and oxygen atoms in total. The molecule has 0 bridgehead atoms. The largest absolute Gasteiger partial charge is 0.462 e. The molecule has 0 radical (unpaired) electrons. The first-order valence-corrected chi connectivity index (χ1v) is 5.87. The first-order chi connectivity index (χ1) is 9.22. The zero-order valence-corrected chi connectivity index (χ0v) is 10.2. The lowest BCUT2D eigenvalue weighted by Crippen LogP contribution is -2.18. The van der Waals surface area contributed by atoms with E-state index in [-0.39, 0.29) is 17.6 Å². The lowest BCUT2D eigenvalue weighted by Gasteiger charge is -2.04. The normalized spacial score (nSPS) is 11.0. The molecule has 0 atom stereocenters. The van der Waals surface area contributed by atoms with E-state index >= 15 is 0 Å². The summed E-state index contributed by atoms with van der Waals surface area (Å²) in [6, 6.07) is 3.38. The quantitative estimate of drug-likeness (QED) is 0.703. The summed E-state index contributed by atoms with van der Waals surface area (Å²) in [6.07, 6.45) is 4.77. The fourth-order valence-electron chi connectivity index (χ4n) is 2.04. The van der Waals surface area contributed by atoms with Crippen molar-refractivity contribution in [1.82, 2.24) is 14.4 Å². The number of rotatable bonds is 2. The van der Waals surface area contributed by atoms with Crippen molar-refractivity contribution in [2.45, 2.75) is 6.92 Å². The predicted octanol–water partition coefficient (Wildman–Crippen LogP) is 1.35. The van der Waals surface area contributed by atoms with Crippen LogP contribution < -0.4 is 5.43 Å². The van der Waals surface area contributed by atoms with Gasteiger partial charge >= 0.3 is 5.97 Å². The molecular weight excluding hydrogens is 246 g/mol.